The minimum Gasteiger partial charge on any atom is -0.462 e. The van der Waals surface area contributed by atoms with Gasteiger partial charge in [0.1, 0.15) is 4.33 Å². The van der Waals surface area contributed by atoms with E-state index in [2.05, 4.69) is 16.2 Å². The van der Waals surface area contributed by atoms with E-state index in [0.29, 0.717) is 24.3 Å². The Hall–Kier alpha value is -1.57. The minimum absolute atomic E-state index is 0.186. The predicted molar refractivity (Wildman–Crippen MR) is 97.1 cm³/mol. The summed E-state index contributed by atoms with van der Waals surface area (Å²) in [5, 5.41) is 3.06. The van der Waals surface area contributed by atoms with Crippen LogP contribution in [0.5, 0.6) is 0 Å². The molecule has 1 aliphatic rings. The fourth-order valence-electron chi connectivity index (χ4n) is 1.96. The average molecular weight is 390 g/mol. The molecule has 0 bridgehead atoms. The Kier molecular flexibility index (Phi) is 5.57. The van der Waals surface area contributed by atoms with Gasteiger partial charge in [0.25, 0.3) is 0 Å². The molecule has 3 N–H and O–H groups in total. The maximum atomic E-state index is 12.0. The summed E-state index contributed by atoms with van der Waals surface area (Å²) in [6, 6.07) is 6.57. The molecule has 0 spiro atoms. The first-order valence-electron chi connectivity index (χ1n) is 7.22. The Balaban J connectivity index is 1.82. The van der Waals surface area contributed by atoms with Gasteiger partial charge in [-0.05, 0) is 56.8 Å². The van der Waals surface area contributed by atoms with Crippen molar-refractivity contribution in [2.24, 2.45) is 5.41 Å². The molecular weight excluding hydrogens is 373 g/mol. The molecule has 1 aromatic rings. The number of carbonyl (C=O) groups is 2. The lowest BCUT2D eigenvalue weighted by Crippen LogP contribution is -2.47. The number of nitrogens with one attached hydrogen (secondary N) is 3. The molecule has 1 saturated carbocycles. The van der Waals surface area contributed by atoms with Gasteiger partial charge < -0.3 is 10.1 Å². The van der Waals surface area contributed by atoms with Crippen LogP contribution in [-0.2, 0) is 9.53 Å². The zero-order valence-electron chi connectivity index (χ0n) is 13.1. The van der Waals surface area contributed by atoms with Gasteiger partial charge in [-0.3, -0.25) is 15.6 Å². The minimum atomic E-state index is -1.04. The Morgan fingerprint density at radius 2 is 1.83 bits per heavy atom. The molecule has 24 heavy (non-hydrogen) atoms. The fraction of sp³-hybridized carbons (Fsp3) is 0.400. The number of hydrogen-bond donors (Lipinski definition) is 3. The molecule has 0 saturated heterocycles. The third-order valence-corrected chi connectivity index (χ3v) is 5.01. The van der Waals surface area contributed by atoms with E-state index >= 15 is 0 Å². The van der Waals surface area contributed by atoms with Crippen LogP contribution < -0.4 is 16.2 Å². The molecule has 0 unspecified atom stereocenters. The molecule has 1 atom stereocenters. The van der Waals surface area contributed by atoms with E-state index in [0.717, 1.165) is 0 Å². The number of alkyl halides is 2. The van der Waals surface area contributed by atoms with Crippen molar-refractivity contribution in [3.05, 3.63) is 29.8 Å². The molecule has 0 radical (unpaired) electrons. The fourth-order valence-corrected chi connectivity index (χ4v) is 2.84. The summed E-state index contributed by atoms with van der Waals surface area (Å²) in [6.07, 6.45) is 0.381. The van der Waals surface area contributed by atoms with Crippen molar-refractivity contribution in [3.63, 3.8) is 0 Å². The summed E-state index contributed by atoms with van der Waals surface area (Å²) >= 11 is 17.0. The molecule has 0 heterocycles. The number of thiocarbonyl (C=S) groups is 1. The number of benzene rings is 1. The highest BCUT2D eigenvalue weighted by molar-refractivity contribution is 7.80. The molecule has 0 aromatic heterocycles. The third kappa shape index (κ3) is 4.09. The van der Waals surface area contributed by atoms with Crippen LogP contribution in [0, 0.1) is 5.41 Å². The second-order valence-electron chi connectivity index (χ2n) is 5.54. The van der Waals surface area contributed by atoms with Gasteiger partial charge in [-0.1, -0.05) is 0 Å². The van der Waals surface area contributed by atoms with Crippen molar-refractivity contribution < 1.29 is 14.3 Å². The first kappa shape index (κ1) is 18.8. The van der Waals surface area contributed by atoms with Crippen molar-refractivity contribution in [2.45, 2.75) is 24.6 Å². The topological polar surface area (TPSA) is 79.5 Å². The summed E-state index contributed by atoms with van der Waals surface area (Å²) in [5.74, 6) is -0.727. The largest absolute Gasteiger partial charge is 0.462 e. The number of esters is 1. The Labute approximate surface area is 155 Å². The number of amides is 1. The van der Waals surface area contributed by atoms with Gasteiger partial charge >= 0.3 is 5.97 Å². The lowest BCUT2D eigenvalue weighted by molar-refractivity contribution is -0.126. The predicted octanol–water partition coefficient (Wildman–Crippen LogP) is 2.76. The molecule has 6 nitrogen and oxygen atoms in total. The Bertz CT molecular complexity index is 666. The number of rotatable bonds is 4. The average Bonchev–Trinajstić information content (AvgIpc) is 3.05. The first-order valence-corrected chi connectivity index (χ1v) is 8.38. The van der Waals surface area contributed by atoms with Gasteiger partial charge in [0.15, 0.2) is 5.11 Å². The SMILES string of the molecule is CCOC(=O)c1ccc(NC(=S)NNC(=O)[C@@]2(C)CC2(Cl)Cl)cc1. The quantitative estimate of drug-likeness (QED) is 0.318. The van der Waals surface area contributed by atoms with Crippen LogP contribution in [0.25, 0.3) is 0 Å². The first-order chi connectivity index (χ1) is 11.2. The van der Waals surface area contributed by atoms with Gasteiger partial charge in [-0.25, -0.2) is 4.79 Å². The van der Waals surface area contributed by atoms with Crippen molar-refractivity contribution in [1.29, 1.82) is 0 Å². The van der Waals surface area contributed by atoms with E-state index in [-0.39, 0.29) is 17.0 Å². The van der Waals surface area contributed by atoms with Crippen molar-refractivity contribution >= 4 is 58.1 Å². The summed E-state index contributed by atoms with van der Waals surface area (Å²) in [4.78, 5) is 23.6. The van der Waals surface area contributed by atoms with Crippen LogP contribution in [0.15, 0.2) is 24.3 Å². The smallest absolute Gasteiger partial charge is 0.338 e. The Morgan fingerprint density at radius 3 is 2.33 bits per heavy atom. The molecule has 1 aromatic carbocycles. The van der Waals surface area contributed by atoms with Gasteiger partial charge in [0.05, 0.1) is 17.6 Å². The maximum Gasteiger partial charge on any atom is 0.338 e. The lowest BCUT2D eigenvalue weighted by Gasteiger charge is -2.15. The molecule has 0 aliphatic heterocycles. The van der Waals surface area contributed by atoms with Crippen LogP contribution in [0.2, 0.25) is 0 Å². The Morgan fingerprint density at radius 1 is 1.25 bits per heavy atom. The summed E-state index contributed by atoms with van der Waals surface area (Å²) < 4.78 is 3.86. The molecular formula is C15H17Cl2N3O3S. The van der Waals surface area contributed by atoms with E-state index in [1.807, 2.05) is 0 Å². The van der Waals surface area contributed by atoms with Crippen LogP contribution >= 0.6 is 35.4 Å². The normalized spacial score (nSPS) is 20.7. The molecule has 1 aliphatic carbocycles. The summed E-state index contributed by atoms with van der Waals surface area (Å²) in [5.41, 5.74) is 5.31. The third-order valence-electron chi connectivity index (χ3n) is 3.70. The number of ether oxygens (including phenoxy) is 1. The second-order valence-corrected chi connectivity index (χ2v) is 7.44. The van der Waals surface area contributed by atoms with Crippen molar-refractivity contribution in [1.82, 2.24) is 10.9 Å². The van der Waals surface area contributed by atoms with Crippen LogP contribution in [-0.4, -0.2) is 27.9 Å². The van der Waals surface area contributed by atoms with E-state index in [1.54, 1.807) is 38.1 Å². The van der Waals surface area contributed by atoms with Crippen LogP contribution in [0.4, 0.5) is 5.69 Å². The zero-order valence-corrected chi connectivity index (χ0v) is 15.4. The monoisotopic (exact) mass is 389 g/mol. The van der Waals surface area contributed by atoms with E-state index in [9.17, 15) is 9.59 Å². The lowest BCUT2D eigenvalue weighted by atomic mass is 10.1. The van der Waals surface area contributed by atoms with Gasteiger partial charge in [-0.2, -0.15) is 0 Å². The number of hydrazine groups is 1. The number of halogens is 2. The molecule has 9 heteroatoms. The molecule has 1 amide bonds. The second kappa shape index (κ2) is 7.13. The van der Waals surface area contributed by atoms with Crippen LogP contribution in [0.1, 0.15) is 30.6 Å². The van der Waals surface area contributed by atoms with Crippen molar-refractivity contribution in [2.75, 3.05) is 11.9 Å². The standard InChI is InChI=1S/C15H17Cl2N3O3S/c1-3-23-11(21)9-4-6-10(7-5-9)18-13(24)20-19-12(22)14(2)8-15(14,16)17/h4-7H,3,8H2,1-2H3,(H,19,22)(H2,18,20,24)/t14-/m1/s1. The molecule has 130 valence electrons. The highest BCUT2D eigenvalue weighted by Crippen LogP contribution is 2.63. The van der Waals surface area contributed by atoms with Crippen molar-refractivity contribution in [3.8, 4) is 0 Å². The molecule has 1 fully saturated rings. The van der Waals surface area contributed by atoms with Gasteiger partial charge in [-0.15, -0.1) is 23.2 Å². The van der Waals surface area contributed by atoms with Gasteiger partial charge in [0, 0.05) is 5.69 Å². The number of hydrogen-bond acceptors (Lipinski definition) is 4. The van der Waals surface area contributed by atoms with E-state index < -0.39 is 9.75 Å². The van der Waals surface area contributed by atoms with Crippen LogP contribution in [0.3, 0.4) is 0 Å². The highest BCUT2D eigenvalue weighted by atomic mass is 35.5. The number of anilines is 1. The van der Waals surface area contributed by atoms with Gasteiger partial charge in [0.2, 0.25) is 5.91 Å². The molecule has 2 rings (SSSR count). The maximum absolute atomic E-state index is 12.0. The summed E-state index contributed by atoms with van der Waals surface area (Å²) in [7, 11) is 0. The summed E-state index contributed by atoms with van der Waals surface area (Å²) in [6.45, 7) is 3.73. The van der Waals surface area contributed by atoms with E-state index in [1.165, 1.54) is 0 Å². The highest BCUT2D eigenvalue weighted by Gasteiger charge is 2.68. The van der Waals surface area contributed by atoms with E-state index in [4.69, 9.17) is 40.2 Å². The zero-order chi connectivity index (χ0) is 18.0. The number of carbonyl (C=O) groups excluding carboxylic acids is 2.